The van der Waals surface area contributed by atoms with Gasteiger partial charge < -0.3 is 15.2 Å². The van der Waals surface area contributed by atoms with Gasteiger partial charge in [0.2, 0.25) is 5.91 Å². The second-order valence-electron chi connectivity index (χ2n) is 5.07. The summed E-state index contributed by atoms with van der Waals surface area (Å²) >= 11 is 0. The number of carbonyl (C=O) groups is 2. The summed E-state index contributed by atoms with van der Waals surface area (Å²) in [6.07, 6.45) is 0.789. The molecule has 1 aromatic carbocycles. The Morgan fingerprint density at radius 1 is 1.36 bits per heavy atom. The molecule has 22 heavy (non-hydrogen) atoms. The molecule has 122 valence electrons. The first-order valence-electron chi connectivity index (χ1n) is 7.35. The summed E-state index contributed by atoms with van der Waals surface area (Å²) in [4.78, 5) is 24.8. The normalized spacial score (nSPS) is 12.0. The minimum Gasteiger partial charge on any atom is -0.496 e. The monoisotopic (exact) mass is 308 g/mol. The lowest BCUT2D eigenvalue weighted by atomic mass is 10.2. The largest absolute Gasteiger partial charge is 0.496 e. The molecule has 0 fully saturated rings. The van der Waals surface area contributed by atoms with Crippen LogP contribution in [0.2, 0.25) is 0 Å². The topological polar surface area (TPSA) is 78.9 Å². The van der Waals surface area contributed by atoms with Gasteiger partial charge in [-0.15, -0.1) is 0 Å². The molecule has 1 aromatic rings. The number of para-hydroxylation sites is 1. The van der Waals surface area contributed by atoms with E-state index in [1.54, 1.807) is 18.9 Å². The zero-order chi connectivity index (χ0) is 16.5. The van der Waals surface area contributed by atoms with Crippen LogP contribution in [0.4, 0.5) is 0 Å². The molecule has 0 heterocycles. The Morgan fingerprint density at radius 3 is 2.64 bits per heavy atom. The van der Waals surface area contributed by atoms with Crippen molar-refractivity contribution in [2.45, 2.75) is 32.9 Å². The van der Waals surface area contributed by atoms with Crippen LogP contribution in [0, 0.1) is 0 Å². The first kappa shape index (κ1) is 18.0. The lowest BCUT2D eigenvalue weighted by Gasteiger charge is -2.26. The summed E-state index contributed by atoms with van der Waals surface area (Å²) in [5.41, 5.74) is 0.880. The van der Waals surface area contributed by atoms with Crippen LogP contribution < -0.4 is 10.1 Å². The number of carboxylic acids is 1. The summed E-state index contributed by atoms with van der Waals surface area (Å²) in [6, 6.07) is 6.96. The average Bonchev–Trinajstić information content (AvgIpc) is 2.51. The molecular weight excluding hydrogens is 284 g/mol. The molecule has 0 aromatic heterocycles. The highest BCUT2D eigenvalue weighted by atomic mass is 16.5. The summed E-state index contributed by atoms with van der Waals surface area (Å²) in [5.74, 6) is -0.412. The van der Waals surface area contributed by atoms with Gasteiger partial charge in [-0.2, -0.15) is 0 Å². The number of hydrogen-bond acceptors (Lipinski definition) is 4. The van der Waals surface area contributed by atoms with Crippen molar-refractivity contribution in [1.82, 2.24) is 10.2 Å². The third-order valence-corrected chi connectivity index (χ3v) is 3.42. The van der Waals surface area contributed by atoms with Crippen LogP contribution in [0.1, 0.15) is 25.8 Å². The van der Waals surface area contributed by atoms with Crippen molar-refractivity contribution < 1.29 is 19.4 Å². The van der Waals surface area contributed by atoms with Gasteiger partial charge in [-0.1, -0.05) is 25.1 Å². The van der Waals surface area contributed by atoms with Crippen molar-refractivity contribution in [2.75, 3.05) is 20.2 Å². The van der Waals surface area contributed by atoms with Crippen molar-refractivity contribution in [1.29, 1.82) is 0 Å². The van der Waals surface area contributed by atoms with E-state index in [0.29, 0.717) is 18.8 Å². The molecule has 0 bridgehead atoms. The maximum Gasteiger partial charge on any atom is 0.317 e. The SMILES string of the molecule is CCCN(CC(=O)O)C(C)C(=O)NCc1ccccc1OC. The van der Waals surface area contributed by atoms with Gasteiger partial charge in [0.15, 0.2) is 0 Å². The Morgan fingerprint density at radius 2 is 2.05 bits per heavy atom. The number of rotatable bonds is 9. The molecule has 6 nitrogen and oxygen atoms in total. The van der Waals surface area contributed by atoms with Crippen molar-refractivity contribution in [3.8, 4) is 5.75 Å². The van der Waals surface area contributed by atoms with Gasteiger partial charge >= 0.3 is 5.97 Å². The average molecular weight is 308 g/mol. The van der Waals surface area contributed by atoms with Gasteiger partial charge in [0.05, 0.1) is 19.7 Å². The first-order valence-corrected chi connectivity index (χ1v) is 7.35. The third kappa shape index (κ3) is 5.37. The number of methoxy groups -OCH3 is 1. The predicted molar refractivity (Wildman–Crippen MR) is 83.8 cm³/mol. The molecule has 0 aliphatic rings. The van der Waals surface area contributed by atoms with E-state index in [-0.39, 0.29) is 12.5 Å². The van der Waals surface area contributed by atoms with Crippen LogP contribution in [0.3, 0.4) is 0 Å². The predicted octanol–water partition coefficient (Wildman–Crippen LogP) is 1.50. The van der Waals surface area contributed by atoms with E-state index in [4.69, 9.17) is 9.84 Å². The molecule has 0 aliphatic carbocycles. The lowest BCUT2D eigenvalue weighted by molar-refractivity contribution is -0.139. The summed E-state index contributed by atoms with van der Waals surface area (Å²) in [5, 5.41) is 11.8. The molecule has 1 amide bonds. The van der Waals surface area contributed by atoms with Crippen LogP contribution in [0.25, 0.3) is 0 Å². The first-order chi connectivity index (χ1) is 10.5. The third-order valence-electron chi connectivity index (χ3n) is 3.42. The molecule has 0 saturated heterocycles. The van der Waals surface area contributed by atoms with Crippen LogP contribution in [0.5, 0.6) is 5.75 Å². The fourth-order valence-electron chi connectivity index (χ4n) is 2.22. The number of hydrogen-bond donors (Lipinski definition) is 2. The van der Waals surface area contributed by atoms with Crippen molar-refractivity contribution in [3.63, 3.8) is 0 Å². The van der Waals surface area contributed by atoms with E-state index in [2.05, 4.69) is 5.32 Å². The van der Waals surface area contributed by atoms with Gasteiger partial charge in [0.1, 0.15) is 5.75 Å². The highest BCUT2D eigenvalue weighted by Gasteiger charge is 2.22. The molecule has 0 aliphatic heterocycles. The van der Waals surface area contributed by atoms with E-state index in [0.717, 1.165) is 12.0 Å². The molecule has 1 rings (SSSR count). The Labute approximate surface area is 131 Å². The molecule has 1 atom stereocenters. The number of nitrogens with one attached hydrogen (secondary N) is 1. The second-order valence-corrected chi connectivity index (χ2v) is 5.07. The fourth-order valence-corrected chi connectivity index (χ4v) is 2.22. The Balaban J connectivity index is 2.64. The second kappa shape index (κ2) is 9.04. The van der Waals surface area contributed by atoms with E-state index in [1.165, 1.54) is 0 Å². The Kier molecular flexibility index (Phi) is 7.39. The quantitative estimate of drug-likeness (QED) is 0.723. The maximum atomic E-state index is 12.2. The minimum absolute atomic E-state index is 0.142. The zero-order valence-corrected chi connectivity index (χ0v) is 13.3. The minimum atomic E-state index is -0.933. The van der Waals surface area contributed by atoms with Gasteiger partial charge in [-0.05, 0) is 26.0 Å². The summed E-state index contributed by atoms with van der Waals surface area (Å²) < 4.78 is 5.24. The van der Waals surface area contributed by atoms with Crippen LogP contribution in [0.15, 0.2) is 24.3 Å². The molecular formula is C16H24N2O4. The lowest BCUT2D eigenvalue weighted by Crippen LogP contribution is -2.47. The van der Waals surface area contributed by atoms with Gasteiger partial charge in [0.25, 0.3) is 0 Å². The smallest absolute Gasteiger partial charge is 0.317 e. The zero-order valence-electron chi connectivity index (χ0n) is 13.3. The number of ether oxygens (including phenoxy) is 1. The van der Waals surface area contributed by atoms with E-state index >= 15 is 0 Å². The molecule has 2 N–H and O–H groups in total. The van der Waals surface area contributed by atoms with E-state index in [9.17, 15) is 9.59 Å². The van der Waals surface area contributed by atoms with Gasteiger partial charge in [-0.25, -0.2) is 0 Å². The highest BCUT2D eigenvalue weighted by Crippen LogP contribution is 2.16. The molecule has 0 spiro atoms. The Hall–Kier alpha value is -2.08. The maximum absolute atomic E-state index is 12.2. The van der Waals surface area contributed by atoms with E-state index < -0.39 is 12.0 Å². The number of aliphatic carboxylic acids is 1. The number of carbonyl (C=O) groups excluding carboxylic acids is 1. The molecule has 0 radical (unpaired) electrons. The number of benzene rings is 1. The molecule has 0 saturated carbocycles. The highest BCUT2D eigenvalue weighted by molar-refractivity contribution is 5.82. The van der Waals surface area contributed by atoms with Crippen molar-refractivity contribution in [3.05, 3.63) is 29.8 Å². The number of nitrogens with zero attached hydrogens (tertiary/aromatic N) is 1. The molecule has 1 unspecified atom stereocenters. The summed E-state index contributed by atoms with van der Waals surface area (Å²) in [7, 11) is 1.58. The van der Waals surface area contributed by atoms with E-state index in [1.807, 2.05) is 31.2 Å². The van der Waals surface area contributed by atoms with Crippen molar-refractivity contribution >= 4 is 11.9 Å². The van der Waals surface area contributed by atoms with Crippen LogP contribution in [-0.2, 0) is 16.1 Å². The van der Waals surface area contributed by atoms with Gasteiger partial charge in [-0.3, -0.25) is 14.5 Å². The van der Waals surface area contributed by atoms with Crippen LogP contribution >= 0.6 is 0 Å². The molecule has 6 heteroatoms. The fraction of sp³-hybridized carbons (Fsp3) is 0.500. The number of carboxylic acid groups (broad SMARTS) is 1. The van der Waals surface area contributed by atoms with Crippen molar-refractivity contribution in [2.24, 2.45) is 0 Å². The van der Waals surface area contributed by atoms with Crippen LogP contribution in [-0.4, -0.2) is 48.1 Å². The number of amides is 1. The summed E-state index contributed by atoms with van der Waals surface area (Å²) in [6.45, 7) is 4.44. The standard InChI is InChI=1S/C16H24N2O4/c1-4-9-18(11-15(19)20)12(2)16(21)17-10-13-7-5-6-8-14(13)22-3/h5-8,12H,4,9-11H2,1-3H3,(H,17,21)(H,19,20). The van der Waals surface area contributed by atoms with Gasteiger partial charge in [0, 0.05) is 12.1 Å². The Bertz CT molecular complexity index is 505.